The van der Waals surface area contributed by atoms with Crippen molar-refractivity contribution in [2.24, 2.45) is 5.92 Å². The first-order valence-electron chi connectivity index (χ1n) is 5.98. The predicted octanol–water partition coefficient (Wildman–Crippen LogP) is 2.27. The normalized spacial score (nSPS) is 20.1. The van der Waals surface area contributed by atoms with Gasteiger partial charge < -0.3 is 10.2 Å². The van der Waals surface area contributed by atoms with Crippen molar-refractivity contribution in [1.29, 1.82) is 0 Å². The summed E-state index contributed by atoms with van der Waals surface area (Å²) in [5.41, 5.74) is 0.475. The molecule has 1 aromatic rings. The molecule has 0 saturated carbocycles. The Hall–Kier alpha value is -0.940. The third-order valence-electron chi connectivity index (χ3n) is 3.22. The fourth-order valence-electron chi connectivity index (χ4n) is 2.20. The highest BCUT2D eigenvalue weighted by atomic mass is 79.9. The monoisotopic (exact) mass is 314 g/mol. The highest BCUT2D eigenvalue weighted by Crippen LogP contribution is 2.18. The Morgan fingerprint density at radius 2 is 2.39 bits per heavy atom. The first-order chi connectivity index (χ1) is 8.56. The first kappa shape index (κ1) is 13.5. The van der Waals surface area contributed by atoms with E-state index in [0.717, 1.165) is 19.5 Å². The van der Waals surface area contributed by atoms with Crippen LogP contribution in [-0.4, -0.2) is 37.5 Å². The predicted molar refractivity (Wildman–Crippen MR) is 72.0 cm³/mol. The van der Waals surface area contributed by atoms with E-state index in [0.29, 0.717) is 22.5 Å². The molecule has 1 amide bonds. The fourth-order valence-corrected chi connectivity index (χ4v) is 2.73. The van der Waals surface area contributed by atoms with Gasteiger partial charge in [0.05, 0.1) is 5.56 Å². The van der Waals surface area contributed by atoms with Crippen LogP contribution in [-0.2, 0) is 0 Å². The van der Waals surface area contributed by atoms with Gasteiger partial charge in [-0.3, -0.25) is 4.79 Å². The zero-order chi connectivity index (χ0) is 13.1. The van der Waals surface area contributed by atoms with E-state index in [9.17, 15) is 9.18 Å². The minimum atomic E-state index is -0.351. The highest BCUT2D eigenvalue weighted by Gasteiger charge is 2.20. The maximum absolute atomic E-state index is 12.9. The number of nitrogens with zero attached hydrogens (tertiary/aromatic N) is 1. The quantitative estimate of drug-likeness (QED) is 0.928. The van der Waals surface area contributed by atoms with E-state index in [1.165, 1.54) is 18.2 Å². The molecular formula is C13H16BrFN2O. The minimum absolute atomic E-state index is 0.156. The Kier molecular flexibility index (Phi) is 4.35. The standard InChI is InChI=1S/C13H16BrFN2O/c1-17-5-4-9(8-17)7-16-13(18)11-3-2-10(15)6-12(11)14/h2-3,6,9H,4-5,7-8H2,1H3,(H,16,18). The van der Waals surface area contributed by atoms with Gasteiger partial charge in [-0.05, 0) is 60.1 Å². The van der Waals surface area contributed by atoms with Crippen molar-refractivity contribution in [3.05, 3.63) is 34.1 Å². The molecule has 98 valence electrons. The van der Waals surface area contributed by atoms with Gasteiger partial charge >= 0.3 is 0 Å². The lowest BCUT2D eigenvalue weighted by Gasteiger charge is -2.12. The number of halogens is 2. The smallest absolute Gasteiger partial charge is 0.252 e. The van der Waals surface area contributed by atoms with E-state index in [-0.39, 0.29) is 11.7 Å². The summed E-state index contributed by atoms with van der Waals surface area (Å²) in [7, 11) is 2.08. The summed E-state index contributed by atoms with van der Waals surface area (Å²) in [6, 6.07) is 4.09. The van der Waals surface area contributed by atoms with E-state index in [4.69, 9.17) is 0 Å². The van der Waals surface area contributed by atoms with Crippen molar-refractivity contribution in [3.63, 3.8) is 0 Å². The average Bonchev–Trinajstić information content (AvgIpc) is 2.72. The van der Waals surface area contributed by atoms with Crippen LogP contribution in [0.25, 0.3) is 0 Å². The number of carbonyl (C=O) groups is 1. The van der Waals surface area contributed by atoms with Crippen LogP contribution in [0.3, 0.4) is 0 Å². The summed E-state index contributed by atoms with van der Waals surface area (Å²) in [5.74, 6) is 0.00504. The lowest BCUT2D eigenvalue weighted by atomic mass is 10.1. The second-order valence-corrected chi connectivity index (χ2v) is 5.61. The first-order valence-corrected chi connectivity index (χ1v) is 6.77. The molecule has 5 heteroatoms. The molecule has 1 atom stereocenters. The van der Waals surface area contributed by atoms with Crippen molar-refractivity contribution in [2.45, 2.75) is 6.42 Å². The molecule has 1 aromatic carbocycles. The van der Waals surface area contributed by atoms with Gasteiger partial charge in [-0.15, -0.1) is 0 Å². The number of hydrogen-bond donors (Lipinski definition) is 1. The van der Waals surface area contributed by atoms with Gasteiger partial charge in [0, 0.05) is 17.6 Å². The van der Waals surface area contributed by atoms with Gasteiger partial charge in [0.2, 0.25) is 0 Å². The Balaban J connectivity index is 1.91. The van der Waals surface area contributed by atoms with Crippen LogP contribution in [0.2, 0.25) is 0 Å². The topological polar surface area (TPSA) is 32.3 Å². The number of carbonyl (C=O) groups excluding carboxylic acids is 1. The van der Waals surface area contributed by atoms with Crippen molar-refractivity contribution in [3.8, 4) is 0 Å². The van der Waals surface area contributed by atoms with Crippen LogP contribution in [0.15, 0.2) is 22.7 Å². The van der Waals surface area contributed by atoms with Gasteiger partial charge in [0.15, 0.2) is 0 Å². The third-order valence-corrected chi connectivity index (χ3v) is 3.87. The highest BCUT2D eigenvalue weighted by molar-refractivity contribution is 9.10. The molecule has 2 rings (SSSR count). The summed E-state index contributed by atoms with van der Waals surface area (Å²) in [4.78, 5) is 14.2. The summed E-state index contributed by atoms with van der Waals surface area (Å²) >= 11 is 3.20. The number of nitrogens with one attached hydrogen (secondary N) is 1. The zero-order valence-corrected chi connectivity index (χ0v) is 11.8. The number of likely N-dealkylation sites (tertiary alicyclic amines) is 1. The Labute approximate surface area is 114 Å². The zero-order valence-electron chi connectivity index (χ0n) is 10.2. The summed E-state index contributed by atoms with van der Waals surface area (Å²) in [5, 5.41) is 2.90. The Morgan fingerprint density at radius 1 is 1.61 bits per heavy atom. The SMILES string of the molecule is CN1CCC(CNC(=O)c2ccc(F)cc2Br)C1. The average molecular weight is 315 g/mol. The Morgan fingerprint density at radius 3 is 3.00 bits per heavy atom. The molecular weight excluding hydrogens is 299 g/mol. The molecule has 18 heavy (non-hydrogen) atoms. The maximum Gasteiger partial charge on any atom is 0.252 e. The molecule has 0 aromatic heterocycles. The van der Waals surface area contributed by atoms with Crippen LogP contribution in [0.1, 0.15) is 16.8 Å². The lowest BCUT2D eigenvalue weighted by Crippen LogP contribution is -2.30. The molecule has 0 spiro atoms. The summed E-state index contributed by atoms with van der Waals surface area (Å²) in [6.45, 7) is 2.78. The van der Waals surface area contributed by atoms with Crippen molar-refractivity contribution in [1.82, 2.24) is 10.2 Å². The van der Waals surface area contributed by atoms with Crippen LogP contribution in [0, 0.1) is 11.7 Å². The summed E-state index contributed by atoms with van der Waals surface area (Å²) < 4.78 is 13.4. The molecule has 1 aliphatic rings. The lowest BCUT2D eigenvalue weighted by molar-refractivity contribution is 0.0946. The molecule has 1 unspecified atom stereocenters. The van der Waals surface area contributed by atoms with Gasteiger partial charge in [-0.2, -0.15) is 0 Å². The van der Waals surface area contributed by atoms with E-state index in [2.05, 4.69) is 33.2 Å². The molecule has 1 saturated heterocycles. The molecule has 1 heterocycles. The number of hydrogen-bond acceptors (Lipinski definition) is 2. The van der Waals surface area contributed by atoms with Crippen LogP contribution >= 0.6 is 15.9 Å². The van der Waals surface area contributed by atoms with Gasteiger partial charge in [0.1, 0.15) is 5.82 Å². The van der Waals surface area contributed by atoms with E-state index < -0.39 is 0 Å². The van der Waals surface area contributed by atoms with E-state index >= 15 is 0 Å². The largest absolute Gasteiger partial charge is 0.352 e. The minimum Gasteiger partial charge on any atom is -0.352 e. The number of amides is 1. The van der Waals surface area contributed by atoms with Crippen molar-refractivity contribution < 1.29 is 9.18 Å². The molecule has 0 radical (unpaired) electrons. The molecule has 1 fully saturated rings. The van der Waals surface area contributed by atoms with E-state index in [1.54, 1.807) is 0 Å². The fraction of sp³-hybridized carbons (Fsp3) is 0.462. The summed E-state index contributed by atoms with van der Waals surface area (Å²) in [6.07, 6.45) is 1.11. The van der Waals surface area contributed by atoms with Gasteiger partial charge in [-0.1, -0.05) is 0 Å². The molecule has 0 aliphatic carbocycles. The van der Waals surface area contributed by atoms with Crippen LogP contribution in [0.4, 0.5) is 4.39 Å². The molecule has 1 aliphatic heterocycles. The second kappa shape index (κ2) is 5.80. The Bertz CT molecular complexity index is 453. The van der Waals surface area contributed by atoms with Gasteiger partial charge in [-0.25, -0.2) is 4.39 Å². The second-order valence-electron chi connectivity index (χ2n) is 4.75. The van der Waals surface area contributed by atoms with Gasteiger partial charge in [0.25, 0.3) is 5.91 Å². The third kappa shape index (κ3) is 3.29. The van der Waals surface area contributed by atoms with Crippen LogP contribution < -0.4 is 5.32 Å². The van der Waals surface area contributed by atoms with Crippen molar-refractivity contribution >= 4 is 21.8 Å². The van der Waals surface area contributed by atoms with E-state index in [1.807, 2.05) is 0 Å². The maximum atomic E-state index is 12.9. The number of rotatable bonds is 3. The molecule has 0 bridgehead atoms. The molecule has 3 nitrogen and oxygen atoms in total. The number of benzene rings is 1. The molecule has 1 N–H and O–H groups in total. The van der Waals surface area contributed by atoms with Crippen molar-refractivity contribution in [2.75, 3.05) is 26.7 Å². The van der Waals surface area contributed by atoms with Crippen LogP contribution in [0.5, 0.6) is 0 Å².